The molecule has 2 amide bonds. The minimum atomic E-state index is -0.759. The normalized spacial score (nSPS) is 11.7. The molecule has 0 saturated carbocycles. The minimum Gasteiger partial charge on any atom is -0.483 e. The third-order valence-electron chi connectivity index (χ3n) is 6.62. The van der Waals surface area contributed by atoms with E-state index in [1.54, 1.807) is 17.0 Å². The number of unbranched alkanes of at least 4 members (excludes halogenated alkanes) is 1. The Morgan fingerprint density at radius 1 is 0.925 bits per heavy atom. The van der Waals surface area contributed by atoms with Crippen molar-refractivity contribution in [1.82, 2.24) is 10.2 Å². The number of rotatable bonds is 12. The summed E-state index contributed by atoms with van der Waals surface area (Å²) in [4.78, 5) is 29.0. The lowest BCUT2D eigenvalue weighted by Crippen LogP contribution is -2.51. The van der Waals surface area contributed by atoms with E-state index in [1.807, 2.05) is 72.8 Å². The Morgan fingerprint density at radius 3 is 2.42 bits per heavy atom. The van der Waals surface area contributed by atoms with Gasteiger partial charge in [-0.2, -0.15) is 0 Å². The fourth-order valence-corrected chi connectivity index (χ4v) is 5.37. The number of halogens is 3. The second kappa shape index (κ2) is 14.5. The average Bonchev–Trinajstić information content (AvgIpc) is 2.97. The van der Waals surface area contributed by atoms with Gasteiger partial charge in [0.15, 0.2) is 6.61 Å². The molecule has 0 radical (unpaired) electrons. The lowest BCUT2D eigenvalue weighted by molar-refractivity contribution is -0.142. The number of ether oxygens (including phenoxy) is 1. The number of amides is 2. The van der Waals surface area contributed by atoms with Crippen molar-refractivity contribution in [3.63, 3.8) is 0 Å². The van der Waals surface area contributed by atoms with Gasteiger partial charge in [-0.3, -0.25) is 9.59 Å². The predicted molar refractivity (Wildman–Crippen MR) is 166 cm³/mol. The van der Waals surface area contributed by atoms with E-state index in [1.165, 1.54) is 0 Å². The quantitative estimate of drug-likeness (QED) is 0.160. The molecule has 0 aromatic heterocycles. The van der Waals surface area contributed by atoms with Gasteiger partial charge in [0.1, 0.15) is 11.8 Å². The SMILES string of the molecule is CCCCNC(=O)[C@H](Cc1ccccc1)N(Cc1ccc(Cl)c(Cl)c1)C(=O)COc1ccc2ccccc2c1Br. The van der Waals surface area contributed by atoms with Crippen molar-refractivity contribution in [2.75, 3.05) is 13.2 Å². The highest BCUT2D eigenvalue weighted by Gasteiger charge is 2.31. The molecule has 0 aliphatic heterocycles. The predicted octanol–water partition coefficient (Wildman–Crippen LogP) is 7.84. The largest absolute Gasteiger partial charge is 0.483 e. The molecule has 4 aromatic rings. The Labute approximate surface area is 253 Å². The van der Waals surface area contributed by atoms with E-state index in [2.05, 4.69) is 28.2 Å². The lowest BCUT2D eigenvalue weighted by Gasteiger charge is -2.31. The van der Waals surface area contributed by atoms with Crippen LogP contribution in [0.15, 0.2) is 89.4 Å². The molecule has 0 unspecified atom stereocenters. The number of hydrogen-bond donors (Lipinski definition) is 1. The smallest absolute Gasteiger partial charge is 0.261 e. The molecular weight excluding hydrogens is 611 g/mol. The van der Waals surface area contributed by atoms with Crippen LogP contribution in [0.25, 0.3) is 10.8 Å². The lowest BCUT2D eigenvalue weighted by atomic mass is 10.0. The molecule has 40 heavy (non-hydrogen) atoms. The number of nitrogens with zero attached hydrogens (tertiary/aromatic N) is 1. The topological polar surface area (TPSA) is 58.6 Å². The molecule has 0 heterocycles. The van der Waals surface area contributed by atoms with Crippen LogP contribution in [0.5, 0.6) is 5.75 Å². The highest BCUT2D eigenvalue weighted by Crippen LogP contribution is 2.33. The van der Waals surface area contributed by atoms with Crippen molar-refractivity contribution >= 4 is 61.7 Å². The molecule has 0 aliphatic rings. The summed E-state index contributed by atoms with van der Waals surface area (Å²) in [5, 5.41) is 5.87. The van der Waals surface area contributed by atoms with Crippen molar-refractivity contribution < 1.29 is 14.3 Å². The summed E-state index contributed by atoms with van der Waals surface area (Å²) in [5.74, 6) is 0.0175. The summed E-state index contributed by atoms with van der Waals surface area (Å²) in [6.45, 7) is 2.52. The van der Waals surface area contributed by atoms with Crippen LogP contribution in [-0.2, 0) is 22.6 Å². The summed E-state index contributed by atoms with van der Waals surface area (Å²) >= 11 is 16.1. The summed E-state index contributed by atoms with van der Waals surface area (Å²) in [7, 11) is 0. The standard InChI is InChI=1S/C32H31BrCl2N2O3/c1-2-3-17-36-32(39)28(19-22-9-5-4-6-10-22)37(20-23-13-15-26(34)27(35)18-23)30(38)21-40-29-16-14-24-11-7-8-12-25(24)31(29)33/h4-16,18,28H,2-3,17,19-21H2,1H3,(H,36,39)/t28-/m0/s1. The molecule has 0 fully saturated rings. The first kappa shape index (κ1) is 29.9. The van der Waals surface area contributed by atoms with Gasteiger partial charge in [-0.25, -0.2) is 0 Å². The molecule has 8 heteroatoms. The van der Waals surface area contributed by atoms with Gasteiger partial charge in [0, 0.05) is 19.5 Å². The van der Waals surface area contributed by atoms with E-state index in [0.29, 0.717) is 28.8 Å². The van der Waals surface area contributed by atoms with Crippen LogP contribution in [0.1, 0.15) is 30.9 Å². The highest BCUT2D eigenvalue weighted by molar-refractivity contribution is 9.10. The number of carbonyl (C=O) groups is 2. The van der Waals surface area contributed by atoms with Crippen LogP contribution < -0.4 is 10.1 Å². The third-order valence-corrected chi connectivity index (χ3v) is 8.17. The van der Waals surface area contributed by atoms with Crippen LogP contribution in [0, 0.1) is 0 Å². The van der Waals surface area contributed by atoms with Gasteiger partial charge in [-0.05, 0) is 62.4 Å². The summed E-state index contributed by atoms with van der Waals surface area (Å²) in [6, 6.07) is 25.9. The van der Waals surface area contributed by atoms with Crippen LogP contribution >= 0.6 is 39.1 Å². The van der Waals surface area contributed by atoms with Crippen molar-refractivity contribution in [2.45, 2.75) is 38.8 Å². The number of nitrogens with one attached hydrogen (secondary N) is 1. The number of benzene rings is 4. The van der Waals surface area contributed by atoms with Crippen molar-refractivity contribution in [1.29, 1.82) is 0 Å². The zero-order valence-electron chi connectivity index (χ0n) is 22.2. The van der Waals surface area contributed by atoms with Gasteiger partial charge < -0.3 is 15.0 Å². The maximum atomic E-state index is 13.9. The number of hydrogen-bond acceptors (Lipinski definition) is 3. The van der Waals surface area contributed by atoms with Crippen LogP contribution in [0.4, 0.5) is 0 Å². The molecule has 4 rings (SSSR count). The molecule has 5 nitrogen and oxygen atoms in total. The molecule has 208 valence electrons. The minimum absolute atomic E-state index is 0.163. The first-order valence-corrected chi connectivity index (χ1v) is 14.8. The molecule has 4 aromatic carbocycles. The van der Waals surface area contributed by atoms with Crippen molar-refractivity contribution in [3.8, 4) is 5.75 Å². The van der Waals surface area contributed by atoms with E-state index in [9.17, 15) is 9.59 Å². The molecule has 0 saturated heterocycles. The second-order valence-electron chi connectivity index (χ2n) is 9.51. The Balaban J connectivity index is 1.64. The second-order valence-corrected chi connectivity index (χ2v) is 11.1. The molecule has 0 aliphatic carbocycles. The van der Waals surface area contributed by atoms with E-state index in [-0.39, 0.29) is 25.0 Å². The van der Waals surface area contributed by atoms with Gasteiger partial charge in [0.2, 0.25) is 5.91 Å². The Morgan fingerprint density at radius 2 is 1.68 bits per heavy atom. The maximum Gasteiger partial charge on any atom is 0.261 e. The molecule has 1 atom stereocenters. The van der Waals surface area contributed by atoms with Gasteiger partial charge in [0.05, 0.1) is 14.5 Å². The van der Waals surface area contributed by atoms with Crippen LogP contribution in [0.3, 0.4) is 0 Å². The fourth-order valence-electron chi connectivity index (χ4n) is 4.44. The zero-order valence-corrected chi connectivity index (χ0v) is 25.3. The van der Waals surface area contributed by atoms with Crippen molar-refractivity contribution in [2.24, 2.45) is 0 Å². The maximum absolute atomic E-state index is 13.9. The molecule has 0 spiro atoms. The molecular formula is C32H31BrCl2N2O3. The Hall–Kier alpha value is -3.06. The van der Waals surface area contributed by atoms with E-state index >= 15 is 0 Å². The van der Waals surface area contributed by atoms with Gasteiger partial charge >= 0.3 is 0 Å². The van der Waals surface area contributed by atoms with E-state index < -0.39 is 6.04 Å². The first-order chi connectivity index (χ1) is 19.4. The first-order valence-electron chi connectivity index (χ1n) is 13.2. The monoisotopic (exact) mass is 640 g/mol. The van der Waals surface area contributed by atoms with Gasteiger partial charge in [0.25, 0.3) is 5.91 Å². The number of carbonyl (C=O) groups excluding carboxylic acids is 2. The summed E-state index contributed by atoms with van der Waals surface area (Å²) in [6.07, 6.45) is 2.15. The number of fused-ring (bicyclic) bond motifs is 1. The van der Waals surface area contributed by atoms with E-state index in [0.717, 1.165) is 39.2 Å². The average molecular weight is 642 g/mol. The zero-order chi connectivity index (χ0) is 28.5. The Kier molecular flexibility index (Phi) is 10.9. The van der Waals surface area contributed by atoms with Gasteiger partial charge in [-0.15, -0.1) is 0 Å². The fraction of sp³-hybridized carbons (Fsp3) is 0.250. The van der Waals surface area contributed by atoms with Gasteiger partial charge in [-0.1, -0.05) is 103 Å². The summed E-state index contributed by atoms with van der Waals surface area (Å²) < 4.78 is 6.80. The van der Waals surface area contributed by atoms with Crippen molar-refractivity contribution in [3.05, 3.63) is 111 Å². The third kappa shape index (κ3) is 7.78. The molecule has 1 N–H and O–H groups in total. The van der Waals surface area contributed by atoms with E-state index in [4.69, 9.17) is 27.9 Å². The highest BCUT2D eigenvalue weighted by atomic mass is 79.9. The van der Waals surface area contributed by atoms with Crippen LogP contribution in [-0.4, -0.2) is 35.9 Å². The Bertz CT molecular complexity index is 1470. The van der Waals surface area contributed by atoms with Crippen LogP contribution in [0.2, 0.25) is 10.0 Å². The summed E-state index contributed by atoms with van der Waals surface area (Å²) in [5.41, 5.74) is 1.71. The molecule has 0 bridgehead atoms.